The van der Waals surface area contributed by atoms with Gasteiger partial charge in [-0.1, -0.05) is 21.5 Å². The molecule has 0 amide bonds. The van der Waals surface area contributed by atoms with Crippen LogP contribution in [0.2, 0.25) is 0 Å². The number of benzene rings is 1. The molecule has 0 aliphatic rings. The summed E-state index contributed by atoms with van der Waals surface area (Å²) >= 11 is 3.06. The van der Waals surface area contributed by atoms with Crippen molar-refractivity contribution < 1.29 is 13.2 Å². The van der Waals surface area contributed by atoms with Crippen LogP contribution in [-0.4, -0.2) is 0 Å². The van der Waals surface area contributed by atoms with E-state index in [-0.39, 0.29) is 0 Å². The first-order valence-corrected chi connectivity index (χ1v) is 5.77. The molecule has 17 heavy (non-hydrogen) atoms. The maximum Gasteiger partial charge on any atom is 0.416 e. The lowest BCUT2D eigenvalue weighted by Crippen LogP contribution is -2.13. The predicted molar refractivity (Wildman–Crippen MR) is 65.5 cm³/mol. The molecule has 0 aliphatic carbocycles. The minimum absolute atomic E-state index is 0.375. The highest BCUT2D eigenvalue weighted by atomic mass is 79.9. The highest BCUT2D eigenvalue weighted by Crippen LogP contribution is 2.33. The fourth-order valence-corrected chi connectivity index (χ4v) is 1.99. The lowest BCUT2D eigenvalue weighted by Gasteiger charge is -2.15. The molecule has 1 atom stereocenters. The molecule has 2 N–H and O–H groups in total. The standard InChI is InChI=1S/C12H13BrF3N/c1-7(2)3-11(17)8-4-9(12(14,15)16)6-10(13)5-8/h4-6,11H,1,3,17H2,2H3/t11-/m0/s1. The van der Waals surface area contributed by atoms with E-state index in [1.165, 1.54) is 0 Å². The maximum atomic E-state index is 12.6. The highest BCUT2D eigenvalue weighted by molar-refractivity contribution is 9.10. The van der Waals surface area contributed by atoms with Gasteiger partial charge in [0.1, 0.15) is 0 Å². The van der Waals surface area contributed by atoms with Gasteiger partial charge >= 0.3 is 6.18 Å². The largest absolute Gasteiger partial charge is 0.416 e. The van der Waals surface area contributed by atoms with E-state index in [9.17, 15) is 13.2 Å². The van der Waals surface area contributed by atoms with Crippen LogP contribution in [0.25, 0.3) is 0 Å². The zero-order chi connectivity index (χ0) is 13.2. The van der Waals surface area contributed by atoms with Crippen LogP contribution in [0.5, 0.6) is 0 Å². The van der Waals surface area contributed by atoms with Gasteiger partial charge in [-0.15, -0.1) is 6.58 Å². The summed E-state index contributed by atoms with van der Waals surface area (Å²) in [4.78, 5) is 0. The van der Waals surface area contributed by atoms with E-state index in [1.54, 1.807) is 13.0 Å². The number of hydrogen-bond acceptors (Lipinski definition) is 1. The van der Waals surface area contributed by atoms with Crippen molar-refractivity contribution in [1.82, 2.24) is 0 Å². The fraction of sp³-hybridized carbons (Fsp3) is 0.333. The SMILES string of the molecule is C=C(C)C[C@H](N)c1cc(Br)cc(C(F)(F)F)c1. The van der Waals surface area contributed by atoms with Gasteiger partial charge in [0, 0.05) is 10.5 Å². The minimum atomic E-state index is -4.36. The summed E-state index contributed by atoms with van der Waals surface area (Å²) in [6.07, 6.45) is -3.89. The molecule has 0 aliphatic heterocycles. The Labute approximate surface area is 107 Å². The van der Waals surface area contributed by atoms with E-state index in [2.05, 4.69) is 22.5 Å². The van der Waals surface area contributed by atoms with Crippen LogP contribution in [0.4, 0.5) is 13.2 Å². The zero-order valence-electron chi connectivity index (χ0n) is 9.31. The number of alkyl halides is 3. The Kier molecular flexibility index (Phi) is 4.38. The second-order valence-corrected chi connectivity index (χ2v) is 4.95. The molecule has 0 saturated heterocycles. The molecule has 0 spiro atoms. The summed E-state index contributed by atoms with van der Waals surface area (Å²) in [6, 6.07) is 3.25. The molecule has 0 radical (unpaired) electrons. The van der Waals surface area contributed by atoms with Crippen molar-refractivity contribution in [2.75, 3.05) is 0 Å². The molecule has 5 heteroatoms. The van der Waals surface area contributed by atoms with Crippen LogP contribution in [0, 0.1) is 0 Å². The Hall–Kier alpha value is -0.810. The van der Waals surface area contributed by atoms with Gasteiger partial charge in [0.2, 0.25) is 0 Å². The number of nitrogens with two attached hydrogens (primary N) is 1. The molecular weight excluding hydrogens is 295 g/mol. The third-order valence-electron chi connectivity index (χ3n) is 2.24. The summed E-state index contributed by atoms with van der Waals surface area (Å²) < 4.78 is 38.2. The molecular formula is C12H13BrF3N. The summed E-state index contributed by atoms with van der Waals surface area (Å²) in [7, 11) is 0. The number of halogens is 4. The molecule has 1 aromatic rings. The van der Waals surface area contributed by atoms with Crippen molar-refractivity contribution in [2.45, 2.75) is 25.6 Å². The van der Waals surface area contributed by atoms with Crippen LogP contribution in [0.3, 0.4) is 0 Å². The van der Waals surface area contributed by atoms with E-state index < -0.39 is 17.8 Å². The van der Waals surface area contributed by atoms with E-state index >= 15 is 0 Å². The molecule has 0 saturated carbocycles. The number of rotatable bonds is 3. The first kappa shape index (κ1) is 14.3. The van der Waals surface area contributed by atoms with Crippen molar-refractivity contribution in [1.29, 1.82) is 0 Å². The van der Waals surface area contributed by atoms with Gasteiger partial charge in [-0.3, -0.25) is 0 Å². The first-order chi connectivity index (χ1) is 7.70. The molecule has 1 rings (SSSR count). The molecule has 0 heterocycles. The van der Waals surface area contributed by atoms with E-state index in [4.69, 9.17) is 5.73 Å². The highest BCUT2D eigenvalue weighted by Gasteiger charge is 2.31. The molecule has 1 aromatic carbocycles. The monoisotopic (exact) mass is 307 g/mol. The van der Waals surface area contributed by atoms with Crippen LogP contribution >= 0.6 is 15.9 Å². The van der Waals surface area contributed by atoms with E-state index in [0.717, 1.165) is 17.7 Å². The Balaban J connectivity index is 3.09. The normalized spacial score (nSPS) is 13.5. The molecule has 94 valence electrons. The van der Waals surface area contributed by atoms with Crippen molar-refractivity contribution >= 4 is 15.9 Å². The molecule has 0 unspecified atom stereocenters. The van der Waals surface area contributed by atoms with Crippen molar-refractivity contribution in [3.05, 3.63) is 46.0 Å². The van der Waals surface area contributed by atoms with Gasteiger partial charge in [-0.05, 0) is 37.1 Å². The lowest BCUT2D eigenvalue weighted by atomic mass is 9.99. The van der Waals surface area contributed by atoms with Gasteiger partial charge < -0.3 is 5.73 Å². The van der Waals surface area contributed by atoms with Crippen LogP contribution < -0.4 is 5.73 Å². The first-order valence-electron chi connectivity index (χ1n) is 4.98. The summed E-state index contributed by atoms with van der Waals surface area (Å²) in [5, 5.41) is 0. The molecule has 0 bridgehead atoms. The number of hydrogen-bond donors (Lipinski definition) is 1. The quantitative estimate of drug-likeness (QED) is 0.821. The molecule has 0 fully saturated rings. The maximum absolute atomic E-state index is 12.6. The van der Waals surface area contributed by atoms with Crippen molar-refractivity contribution in [3.8, 4) is 0 Å². The van der Waals surface area contributed by atoms with Crippen LogP contribution in [-0.2, 0) is 6.18 Å². The van der Waals surface area contributed by atoms with Crippen molar-refractivity contribution in [3.63, 3.8) is 0 Å². The van der Waals surface area contributed by atoms with Crippen LogP contribution in [0.15, 0.2) is 34.8 Å². The lowest BCUT2D eigenvalue weighted by molar-refractivity contribution is -0.137. The average Bonchev–Trinajstić information content (AvgIpc) is 2.14. The molecule has 0 aromatic heterocycles. The van der Waals surface area contributed by atoms with E-state index in [0.29, 0.717) is 16.5 Å². The Morgan fingerprint density at radius 3 is 2.47 bits per heavy atom. The van der Waals surface area contributed by atoms with E-state index in [1.807, 2.05) is 0 Å². The second-order valence-electron chi connectivity index (χ2n) is 4.04. The smallest absolute Gasteiger partial charge is 0.324 e. The summed E-state index contributed by atoms with van der Waals surface area (Å²) in [5.41, 5.74) is 6.42. The summed E-state index contributed by atoms with van der Waals surface area (Å²) in [6.45, 7) is 5.49. The van der Waals surface area contributed by atoms with Gasteiger partial charge in [-0.2, -0.15) is 13.2 Å². The third-order valence-corrected chi connectivity index (χ3v) is 2.70. The topological polar surface area (TPSA) is 26.0 Å². The Morgan fingerprint density at radius 2 is 2.00 bits per heavy atom. The van der Waals surface area contributed by atoms with Crippen LogP contribution in [0.1, 0.15) is 30.5 Å². The van der Waals surface area contributed by atoms with Gasteiger partial charge in [0.15, 0.2) is 0 Å². The van der Waals surface area contributed by atoms with Gasteiger partial charge in [-0.25, -0.2) is 0 Å². The Bertz CT molecular complexity index is 426. The Morgan fingerprint density at radius 1 is 1.41 bits per heavy atom. The third kappa shape index (κ3) is 4.16. The zero-order valence-corrected chi connectivity index (χ0v) is 10.9. The minimum Gasteiger partial charge on any atom is -0.324 e. The second kappa shape index (κ2) is 5.23. The summed E-state index contributed by atoms with van der Waals surface area (Å²) in [5.74, 6) is 0. The van der Waals surface area contributed by atoms with Gasteiger partial charge in [0.25, 0.3) is 0 Å². The van der Waals surface area contributed by atoms with Crippen molar-refractivity contribution in [2.24, 2.45) is 5.73 Å². The van der Waals surface area contributed by atoms with Gasteiger partial charge in [0.05, 0.1) is 5.56 Å². The fourth-order valence-electron chi connectivity index (χ4n) is 1.48. The molecule has 1 nitrogen and oxygen atoms in total. The average molecular weight is 308 g/mol. The predicted octanol–water partition coefficient (Wildman–Crippen LogP) is 4.43.